The number of phosphoric ester groups is 2. The third-order valence-corrected chi connectivity index (χ3v) is 14.8. The number of allylic oxidation sites excluding steroid dienone is 12. The summed E-state index contributed by atoms with van der Waals surface area (Å²) in [5.74, 6) is -1.61. The molecule has 0 aliphatic rings. The molecule has 81 heavy (non-hydrogen) atoms. The lowest BCUT2D eigenvalue weighted by Gasteiger charge is -2.21. The molecule has 0 heterocycles. The summed E-state index contributed by atoms with van der Waals surface area (Å²) >= 11 is 0. The summed E-state index contributed by atoms with van der Waals surface area (Å²) in [7, 11) is -9.77. The van der Waals surface area contributed by atoms with Gasteiger partial charge < -0.3 is 34.2 Å². The summed E-state index contributed by atoms with van der Waals surface area (Å²) in [6.07, 6.45) is 56.8. The Balaban J connectivity index is 4.68. The predicted octanol–water partition coefficient (Wildman–Crippen LogP) is 16.4. The molecule has 0 saturated carbocycles. The van der Waals surface area contributed by atoms with Crippen LogP contribution < -0.4 is 0 Å². The molecule has 16 nitrogen and oxygen atoms in total. The summed E-state index contributed by atoms with van der Waals surface area (Å²) < 4.78 is 60.6. The van der Waals surface area contributed by atoms with E-state index in [0.717, 1.165) is 122 Å². The van der Waals surface area contributed by atoms with Gasteiger partial charge in [-0.2, -0.15) is 0 Å². The number of aliphatic hydroxyl groups excluding tert-OH is 2. The van der Waals surface area contributed by atoms with E-state index >= 15 is 0 Å². The van der Waals surface area contributed by atoms with Crippen LogP contribution in [0.25, 0.3) is 0 Å². The number of phosphoric acid groups is 2. The van der Waals surface area contributed by atoms with Crippen molar-refractivity contribution in [3.63, 3.8) is 0 Å². The third kappa shape index (κ3) is 58.6. The Kier molecular flexibility index (Phi) is 55.3. The van der Waals surface area contributed by atoms with Crippen LogP contribution in [0, 0.1) is 0 Å². The number of unbranched alkanes of at least 4 members (excludes halogenated alkanes) is 24. The largest absolute Gasteiger partial charge is 0.472 e. The van der Waals surface area contributed by atoms with E-state index in [1.54, 1.807) is 0 Å². The van der Waals surface area contributed by atoms with Crippen molar-refractivity contribution in [2.75, 3.05) is 39.6 Å². The highest BCUT2D eigenvalue weighted by Gasteiger charge is 2.29. The molecule has 0 aromatic carbocycles. The smallest absolute Gasteiger partial charge is 0.463 e. The van der Waals surface area contributed by atoms with Crippen molar-refractivity contribution in [3.8, 4) is 0 Å². The van der Waals surface area contributed by atoms with Gasteiger partial charge in [-0.25, -0.2) is 9.13 Å². The second-order valence-electron chi connectivity index (χ2n) is 20.8. The summed E-state index contributed by atoms with van der Waals surface area (Å²) in [5, 5.41) is 20.5. The van der Waals surface area contributed by atoms with Crippen LogP contribution in [-0.4, -0.2) is 95.9 Å². The molecular weight excluding hydrogens is 1070 g/mol. The summed E-state index contributed by atoms with van der Waals surface area (Å²) in [6, 6.07) is 0. The molecule has 5 atom stereocenters. The Bertz CT molecular complexity index is 1780. The van der Waals surface area contributed by atoms with Crippen molar-refractivity contribution >= 4 is 33.6 Å². The van der Waals surface area contributed by atoms with Gasteiger partial charge in [0.2, 0.25) is 0 Å². The van der Waals surface area contributed by atoms with Crippen LogP contribution >= 0.6 is 15.6 Å². The highest BCUT2D eigenvalue weighted by molar-refractivity contribution is 7.47. The maximum Gasteiger partial charge on any atom is 0.472 e. The number of carbonyl (C=O) groups is 3. The van der Waals surface area contributed by atoms with E-state index in [4.69, 9.17) is 32.3 Å². The molecule has 18 heteroatoms. The van der Waals surface area contributed by atoms with Crippen molar-refractivity contribution < 1.29 is 75.8 Å². The molecule has 5 unspecified atom stereocenters. The Morgan fingerprint density at radius 2 is 0.679 bits per heavy atom. The van der Waals surface area contributed by atoms with Crippen molar-refractivity contribution in [1.29, 1.82) is 0 Å². The highest BCUT2D eigenvalue weighted by Crippen LogP contribution is 2.45. The molecule has 0 aliphatic carbocycles. The first kappa shape index (κ1) is 78.0. The van der Waals surface area contributed by atoms with Gasteiger partial charge in [0.05, 0.1) is 26.4 Å². The Hall–Kier alpha value is -3.01. The molecular formula is C63H112O16P2. The monoisotopic (exact) mass is 1190 g/mol. The minimum Gasteiger partial charge on any atom is -0.463 e. The number of ether oxygens (including phenoxy) is 3. The second-order valence-corrected chi connectivity index (χ2v) is 23.7. The fourth-order valence-electron chi connectivity index (χ4n) is 8.13. The summed E-state index contributed by atoms with van der Waals surface area (Å²) in [6.45, 7) is 2.44. The van der Waals surface area contributed by atoms with Gasteiger partial charge in [0, 0.05) is 19.3 Å². The topological polar surface area (TPSA) is 231 Å². The van der Waals surface area contributed by atoms with E-state index in [2.05, 4.69) is 93.7 Å². The Morgan fingerprint density at radius 1 is 0.358 bits per heavy atom. The minimum absolute atomic E-state index is 0.0905. The van der Waals surface area contributed by atoms with E-state index < -0.39 is 91.5 Å². The van der Waals surface area contributed by atoms with Crippen LogP contribution in [0.3, 0.4) is 0 Å². The van der Waals surface area contributed by atoms with Gasteiger partial charge in [-0.15, -0.1) is 0 Å². The number of esters is 3. The molecule has 0 radical (unpaired) electrons. The van der Waals surface area contributed by atoms with Crippen molar-refractivity contribution in [1.82, 2.24) is 0 Å². The molecule has 0 fully saturated rings. The molecule has 4 N–H and O–H groups in total. The number of hydrogen-bond acceptors (Lipinski definition) is 14. The van der Waals surface area contributed by atoms with Gasteiger partial charge >= 0.3 is 33.6 Å². The average Bonchev–Trinajstić information content (AvgIpc) is 3.44. The molecule has 0 spiro atoms. The first-order valence-corrected chi connectivity index (χ1v) is 34.2. The lowest BCUT2D eigenvalue weighted by atomic mass is 10.0. The first-order valence-electron chi connectivity index (χ1n) is 31.2. The van der Waals surface area contributed by atoms with Crippen LogP contribution in [0.2, 0.25) is 0 Å². The van der Waals surface area contributed by atoms with E-state index in [0.29, 0.717) is 19.3 Å². The molecule has 470 valence electrons. The fourth-order valence-corrected chi connectivity index (χ4v) is 9.71. The SMILES string of the molecule is CC/C=C\C/C=C\C/C=C\C/C=C\CCCCCCC(=O)OCC(O)COP(=O)(O)OCC(O)COP(=O)(O)OCC(COC(=O)CCCCCCCCCCCCCCCCC)OC(=O)CCCCCCC/C=C\C/C=C\CCC. The summed E-state index contributed by atoms with van der Waals surface area (Å²) in [5.41, 5.74) is 0. The quantitative estimate of drug-likeness (QED) is 0.0146. The van der Waals surface area contributed by atoms with E-state index in [9.17, 15) is 43.5 Å². The van der Waals surface area contributed by atoms with Crippen molar-refractivity contribution in [2.24, 2.45) is 0 Å². The maximum atomic E-state index is 12.9. The Morgan fingerprint density at radius 3 is 1.09 bits per heavy atom. The predicted molar refractivity (Wildman–Crippen MR) is 325 cm³/mol. The highest BCUT2D eigenvalue weighted by atomic mass is 31.2. The molecule has 0 amide bonds. The second kappa shape index (κ2) is 57.4. The number of rotatable bonds is 59. The van der Waals surface area contributed by atoms with E-state index in [-0.39, 0.29) is 19.3 Å². The van der Waals surface area contributed by atoms with Crippen molar-refractivity contribution in [3.05, 3.63) is 72.9 Å². The molecule has 0 saturated heterocycles. The molecule has 0 bridgehead atoms. The van der Waals surface area contributed by atoms with Crippen LogP contribution in [0.1, 0.15) is 252 Å². The third-order valence-electron chi connectivity index (χ3n) is 12.9. The number of carbonyl (C=O) groups excluding carboxylic acids is 3. The maximum absolute atomic E-state index is 12.9. The zero-order valence-electron chi connectivity index (χ0n) is 50.4. The van der Waals surface area contributed by atoms with Crippen LogP contribution in [-0.2, 0) is 55.8 Å². The van der Waals surface area contributed by atoms with E-state index in [1.165, 1.54) is 70.6 Å². The van der Waals surface area contributed by atoms with Gasteiger partial charge in [0.25, 0.3) is 0 Å². The molecule has 0 aromatic heterocycles. The fraction of sp³-hybridized carbons (Fsp3) is 0.762. The normalized spacial score (nSPS) is 14.9. The molecule has 0 aromatic rings. The van der Waals surface area contributed by atoms with Gasteiger partial charge in [0.15, 0.2) is 6.10 Å². The average molecular weight is 1190 g/mol. The minimum atomic E-state index is -4.92. The zero-order chi connectivity index (χ0) is 59.6. The number of hydrogen-bond donors (Lipinski definition) is 4. The molecule has 0 aliphatic heterocycles. The zero-order valence-corrected chi connectivity index (χ0v) is 52.2. The Labute approximate surface area is 490 Å². The first-order chi connectivity index (χ1) is 39.2. The van der Waals surface area contributed by atoms with Gasteiger partial charge in [-0.3, -0.25) is 32.5 Å². The van der Waals surface area contributed by atoms with Crippen LogP contribution in [0.15, 0.2) is 72.9 Å². The van der Waals surface area contributed by atoms with Crippen molar-refractivity contribution in [2.45, 2.75) is 270 Å². The van der Waals surface area contributed by atoms with Gasteiger partial charge in [-0.05, 0) is 83.5 Å². The molecule has 0 rings (SSSR count). The summed E-state index contributed by atoms with van der Waals surface area (Å²) in [4.78, 5) is 58.1. The lowest BCUT2D eigenvalue weighted by molar-refractivity contribution is -0.161. The van der Waals surface area contributed by atoms with Crippen LogP contribution in [0.5, 0.6) is 0 Å². The number of aliphatic hydroxyl groups is 2. The lowest BCUT2D eigenvalue weighted by Crippen LogP contribution is -2.30. The van der Waals surface area contributed by atoms with Gasteiger partial charge in [0.1, 0.15) is 25.4 Å². The standard InChI is InChI=1S/C63H112O16P2/c1-4-7-10-13-16-19-22-25-27-28-30-33-34-37-40-43-46-49-61(66)73-52-58(64)53-75-80(69,70)76-54-59(65)55-77-81(71,72)78-57-60(79-63(68)51-48-45-42-39-36-31-24-21-18-15-12-9-6-3)56-74-62(67)50-47-44-41-38-35-32-29-26-23-20-17-14-11-8-5-2/h7,10,12,15-16,19,21,24-25,27,30,33,58-60,64-65H,4-6,8-9,11,13-14,17-18,20,22-23,26,28-29,31-32,34-57H2,1-3H3,(H,69,70)(H,71,72)/b10-7-,15-12-,19-16-,24-21-,27-25-,33-30-. The van der Waals surface area contributed by atoms with Gasteiger partial charge in [-0.1, -0.05) is 222 Å². The van der Waals surface area contributed by atoms with Crippen LogP contribution in [0.4, 0.5) is 0 Å². The van der Waals surface area contributed by atoms with E-state index in [1.807, 2.05) is 0 Å².